The van der Waals surface area contributed by atoms with Gasteiger partial charge in [0.15, 0.2) is 0 Å². The fourth-order valence-corrected chi connectivity index (χ4v) is 0.401. The molecule has 0 atom stereocenters. The summed E-state index contributed by atoms with van der Waals surface area (Å²) >= 11 is 0. The van der Waals surface area contributed by atoms with Crippen LogP contribution in [0.3, 0.4) is 0 Å². The first-order chi connectivity index (χ1) is 4.49. The van der Waals surface area contributed by atoms with Crippen LogP contribution in [-0.2, 0) is 24.2 Å². The minimum Gasteiger partial charge on any atom is -1.00 e. The largest absolute Gasteiger partial charge is 1.00 e. The molecule has 0 radical (unpaired) electrons. The molecule has 11 heavy (non-hydrogen) atoms. The van der Waals surface area contributed by atoms with Crippen LogP contribution in [0.2, 0.25) is 0 Å². The fraction of sp³-hybridized carbons (Fsp3) is 0. The molecule has 0 rings (SSSR count). The van der Waals surface area contributed by atoms with E-state index in [1.54, 1.807) is 0 Å². The van der Waals surface area contributed by atoms with Gasteiger partial charge in [-0.1, -0.05) is 9.05 Å². The Labute approximate surface area is 74.4 Å². The van der Waals surface area contributed by atoms with E-state index in [1.165, 1.54) is 0 Å². The van der Waals surface area contributed by atoms with Gasteiger partial charge in [0, 0.05) is 0 Å². The molecular formula is H2BF2LiO6S. The standard InChI is InChI=1S/BF2HO6S.Li.H/c2-7-1(8-3)9-10(4,5)6;;/h(H,4,5,6);;/q;+1;-1. The number of rotatable bonds is 4. The summed E-state index contributed by atoms with van der Waals surface area (Å²) in [5.41, 5.74) is 0. The summed E-state index contributed by atoms with van der Waals surface area (Å²) in [6.45, 7) is 0. The van der Waals surface area contributed by atoms with Gasteiger partial charge in [0.25, 0.3) is 0 Å². The maximum atomic E-state index is 10.8. The third-order valence-electron chi connectivity index (χ3n) is 0.346. The van der Waals surface area contributed by atoms with E-state index in [-0.39, 0.29) is 20.3 Å². The third-order valence-corrected chi connectivity index (χ3v) is 0.746. The van der Waals surface area contributed by atoms with Crippen molar-refractivity contribution in [3.8, 4) is 0 Å². The van der Waals surface area contributed by atoms with Gasteiger partial charge in [0.2, 0.25) is 0 Å². The van der Waals surface area contributed by atoms with E-state index < -0.39 is 17.7 Å². The molecule has 6 nitrogen and oxygen atoms in total. The van der Waals surface area contributed by atoms with Gasteiger partial charge in [-0.25, -0.2) is 4.10 Å². The molecule has 0 aliphatic heterocycles. The minimum absolute atomic E-state index is 0. The molecule has 0 aromatic rings. The molecule has 11 heteroatoms. The fourth-order valence-electron chi connectivity index (χ4n) is 0.143. The zero-order valence-electron chi connectivity index (χ0n) is 6.23. The molecule has 0 aromatic carbocycles. The smallest absolute Gasteiger partial charge is 1.00 e. The number of halogens is 2. The summed E-state index contributed by atoms with van der Waals surface area (Å²) < 4.78 is 51.6. The van der Waals surface area contributed by atoms with Crippen molar-refractivity contribution >= 4 is 17.7 Å². The van der Waals surface area contributed by atoms with Gasteiger partial charge in [0.05, 0.1) is 0 Å². The molecule has 0 spiro atoms. The second-order valence-electron chi connectivity index (χ2n) is 0.991. The summed E-state index contributed by atoms with van der Waals surface area (Å²) in [4.78, 5) is 4.83. The Morgan fingerprint density at radius 3 is 1.82 bits per heavy atom. The second-order valence-corrected chi connectivity index (χ2v) is 2.04. The predicted octanol–water partition coefficient (Wildman–Crippen LogP) is -3.29. The van der Waals surface area contributed by atoms with Crippen molar-refractivity contribution < 1.29 is 56.1 Å². The average Bonchev–Trinajstić information content (AvgIpc) is 1.81. The van der Waals surface area contributed by atoms with Crippen LogP contribution in [0.15, 0.2) is 0 Å². The van der Waals surface area contributed by atoms with Gasteiger partial charge in [-0.05, 0) is 0 Å². The van der Waals surface area contributed by atoms with E-state index in [9.17, 15) is 17.5 Å². The molecule has 0 amide bonds. The van der Waals surface area contributed by atoms with Gasteiger partial charge in [-0.3, -0.25) is 4.55 Å². The van der Waals surface area contributed by atoms with Crippen molar-refractivity contribution in [3.05, 3.63) is 0 Å². The quantitative estimate of drug-likeness (QED) is 0.366. The van der Waals surface area contributed by atoms with Gasteiger partial charge in [-0.2, -0.15) is 18.1 Å². The van der Waals surface area contributed by atoms with Gasteiger partial charge >= 0.3 is 36.6 Å². The Kier molecular flexibility index (Phi) is 7.44. The average molecular weight is 186 g/mol. The van der Waals surface area contributed by atoms with E-state index in [1.807, 2.05) is 0 Å². The summed E-state index contributed by atoms with van der Waals surface area (Å²) in [5, 5.41) is 0. The Morgan fingerprint density at radius 1 is 1.36 bits per heavy atom. The third kappa shape index (κ3) is 8.22. The summed E-state index contributed by atoms with van der Waals surface area (Å²) in [6, 6.07) is 0. The van der Waals surface area contributed by atoms with Crippen LogP contribution >= 0.6 is 0 Å². The first kappa shape index (κ1) is 13.9. The van der Waals surface area contributed by atoms with Gasteiger partial charge in [0.1, 0.15) is 0 Å². The second kappa shape index (κ2) is 5.90. The molecule has 0 fully saturated rings. The monoisotopic (exact) mass is 186 g/mol. The van der Waals surface area contributed by atoms with E-state index in [2.05, 4.69) is 13.8 Å². The number of hydrogen-bond donors (Lipinski definition) is 1. The molecule has 0 saturated heterocycles. The van der Waals surface area contributed by atoms with Crippen LogP contribution in [0.25, 0.3) is 0 Å². The zero-order valence-corrected chi connectivity index (χ0v) is 6.05. The normalized spacial score (nSPS) is 10.5. The van der Waals surface area contributed by atoms with Crippen molar-refractivity contribution in [1.29, 1.82) is 0 Å². The van der Waals surface area contributed by atoms with Crippen molar-refractivity contribution in [3.63, 3.8) is 0 Å². The Bertz CT molecular complexity index is 180. The zero-order chi connectivity index (χ0) is 8.20. The van der Waals surface area contributed by atoms with Crippen molar-refractivity contribution in [2.45, 2.75) is 0 Å². The number of hydrogen-bond acceptors (Lipinski definition) is 5. The minimum atomic E-state index is -4.98. The molecule has 0 saturated carbocycles. The van der Waals surface area contributed by atoms with Crippen LogP contribution < -0.4 is 18.9 Å². The van der Waals surface area contributed by atoms with Gasteiger partial charge in [-0.15, -0.1) is 0 Å². The molecule has 0 bridgehead atoms. The summed E-state index contributed by atoms with van der Waals surface area (Å²) in [6.07, 6.45) is 0. The van der Waals surface area contributed by atoms with E-state index in [0.29, 0.717) is 0 Å². The SMILES string of the molecule is O=S(=O)(O)OB(OF)OF.[H-].[Li+]. The Balaban J connectivity index is -0.000000405. The van der Waals surface area contributed by atoms with Crippen LogP contribution in [0.1, 0.15) is 1.43 Å². The van der Waals surface area contributed by atoms with E-state index >= 15 is 0 Å². The molecule has 0 aliphatic carbocycles. The molecule has 0 aromatic heterocycles. The van der Waals surface area contributed by atoms with E-state index in [4.69, 9.17) is 4.55 Å². The van der Waals surface area contributed by atoms with Crippen molar-refractivity contribution in [2.75, 3.05) is 0 Å². The van der Waals surface area contributed by atoms with Crippen LogP contribution in [-0.4, -0.2) is 20.3 Å². The molecule has 0 aliphatic rings. The molecule has 1 N–H and O–H groups in total. The van der Waals surface area contributed by atoms with Crippen molar-refractivity contribution in [2.24, 2.45) is 0 Å². The van der Waals surface area contributed by atoms with Crippen LogP contribution in [0.4, 0.5) is 9.05 Å². The predicted molar refractivity (Wildman–Crippen MR) is 23.9 cm³/mol. The molecule has 0 heterocycles. The maximum Gasteiger partial charge on any atom is 1.00 e. The molecule has 62 valence electrons. The first-order valence-electron chi connectivity index (χ1n) is 1.70. The first-order valence-corrected chi connectivity index (χ1v) is 3.06. The van der Waals surface area contributed by atoms with Crippen LogP contribution in [0, 0.1) is 0 Å². The van der Waals surface area contributed by atoms with E-state index in [0.717, 1.165) is 0 Å². The molecule has 0 unspecified atom stereocenters. The van der Waals surface area contributed by atoms with Crippen LogP contribution in [0.5, 0.6) is 0 Å². The summed E-state index contributed by atoms with van der Waals surface area (Å²) in [5.74, 6) is 0. The van der Waals surface area contributed by atoms with Crippen molar-refractivity contribution in [1.82, 2.24) is 0 Å². The topological polar surface area (TPSA) is 82.1 Å². The maximum absolute atomic E-state index is 10.8. The molecular weight excluding hydrogens is 184 g/mol. The van der Waals surface area contributed by atoms with Gasteiger partial charge < -0.3 is 1.43 Å². The summed E-state index contributed by atoms with van der Waals surface area (Å²) in [7, 11) is -7.70. The Morgan fingerprint density at radius 2 is 1.73 bits per heavy atom. The Hall–Kier alpha value is 0.312.